The molecule has 2 heterocycles. The molecule has 25 heavy (non-hydrogen) atoms. The third-order valence-electron chi connectivity index (χ3n) is 7.93. The van der Waals surface area contributed by atoms with Gasteiger partial charge >= 0.3 is 0 Å². The summed E-state index contributed by atoms with van der Waals surface area (Å²) in [5.41, 5.74) is 4.20. The largest absolute Gasteiger partial charge is 0.484 e. The molecule has 0 radical (unpaired) electrons. The number of hydrogen-bond acceptors (Lipinski definition) is 3. The van der Waals surface area contributed by atoms with Crippen molar-refractivity contribution in [1.29, 1.82) is 0 Å². The fourth-order valence-corrected chi connectivity index (χ4v) is 6.54. The Hall–Kier alpha value is -1.32. The zero-order valence-corrected chi connectivity index (χ0v) is 15.1. The van der Waals surface area contributed by atoms with Crippen LogP contribution in [0.25, 0.3) is 0 Å². The van der Waals surface area contributed by atoms with Crippen molar-refractivity contribution in [3.8, 4) is 5.75 Å². The summed E-state index contributed by atoms with van der Waals surface area (Å²) in [4.78, 5) is 2.62. The molecule has 0 aromatic heterocycles. The van der Waals surface area contributed by atoms with Gasteiger partial charge in [-0.05, 0) is 74.6 Å². The lowest BCUT2D eigenvalue weighted by Gasteiger charge is -2.63. The molecule has 1 aromatic rings. The maximum Gasteiger partial charge on any atom is 0.132 e. The lowest BCUT2D eigenvalue weighted by Crippen LogP contribution is -2.75. The first-order chi connectivity index (χ1) is 12.0. The standard InChI is InChI=1S/C22H27NO2/c1-13-3-6-16-11-17-22(24)8-7-14(2)20-21(22,18(16)19(13)25-20)9-10-23(17)12-15-4-5-15/h3,6,15,17,20,24H,2,4-5,7-12H2,1H3/t17-,20?,21+,22-/m1/s1. The van der Waals surface area contributed by atoms with E-state index in [2.05, 4.69) is 30.5 Å². The fraction of sp³-hybridized carbons (Fsp3) is 0.636. The van der Waals surface area contributed by atoms with Crippen molar-refractivity contribution in [3.05, 3.63) is 41.0 Å². The van der Waals surface area contributed by atoms with E-state index in [1.807, 2.05) is 0 Å². The van der Waals surface area contributed by atoms with Gasteiger partial charge in [0.2, 0.25) is 0 Å². The lowest BCUT2D eigenvalue weighted by molar-refractivity contribution is -0.174. The minimum Gasteiger partial charge on any atom is -0.484 e. The second-order valence-corrected chi connectivity index (χ2v) is 9.21. The average molecular weight is 337 g/mol. The van der Waals surface area contributed by atoms with Crippen molar-refractivity contribution in [2.45, 2.75) is 68.6 Å². The molecule has 3 nitrogen and oxygen atoms in total. The number of nitrogens with zero attached hydrogens (tertiary/aromatic N) is 1. The van der Waals surface area contributed by atoms with E-state index in [1.54, 1.807) is 0 Å². The number of aliphatic hydroxyl groups is 1. The molecule has 1 aromatic carbocycles. The van der Waals surface area contributed by atoms with Gasteiger partial charge in [-0.2, -0.15) is 0 Å². The molecule has 6 rings (SSSR count). The maximum atomic E-state index is 12.2. The second-order valence-electron chi connectivity index (χ2n) is 9.21. The van der Waals surface area contributed by atoms with Crippen LogP contribution in [-0.2, 0) is 11.8 Å². The smallest absolute Gasteiger partial charge is 0.132 e. The summed E-state index contributed by atoms with van der Waals surface area (Å²) in [6, 6.07) is 4.74. The molecular formula is C22H27NO2. The number of rotatable bonds is 2. The highest BCUT2D eigenvalue weighted by atomic mass is 16.5. The number of likely N-dealkylation sites (tertiary alicyclic amines) is 1. The molecule has 4 atom stereocenters. The van der Waals surface area contributed by atoms with Gasteiger partial charge in [-0.1, -0.05) is 18.7 Å². The predicted molar refractivity (Wildman–Crippen MR) is 97.0 cm³/mol. The van der Waals surface area contributed by atoms with E-state index in [0.29, 0.717) is 0 Å². The average Bonchev–Trinajstić information content (AvgIpc) is 3.32. The van der Waals surface area contributed by atoms with Crippen LogP contribution in [0.3, 0.4) is 0 Å². The van der Waals surface area contributed by atoms with Gasteiger partial charge in [-0.3, -0.25) is 4.90 Å². The van der Waals surface area contributed by atoms with E-state index in [9.17, 15) is 5.11 Å². The third kappa shape index (κ3) is 1.61. The Morgan fingerprint density at radius 3 is 2.96 bits per heavy atom. The lowest BCUT2D eigenvalue weighted by atomic mass is 9.48. The van der Waals surface area contributed by atoms with Crippen LogP contribution in [0.4, 0.5) is 0 Å². The Balaban J connectivity index is 1.58. The minimum atomic E-state index is -0.669. The normalized spacial score (nSPS) is 41.4. The van der Waals surface area contributed by atoms with E-state index >= 15 is 0 Å². The molecule has 2 bridgehead atoms. The molecule has 0 amide bonds. The molecule has 3 heteroatoms. The highest BCUT2D eigenvalue weighted by Crippen LogP contribution is 2.65. The van der Waals surface area contributed by atoms with E-state index in [4.69, 9.17) is 4.74 Å². The topological polar surface area (TPSA) is 32.7 Å². The molecule has 3 aliphatic carbocycles. The van der Waals surface area contributed by atoms with Gasteiger partial charge in [-0.25, -0.2) is 0 Å². The van der Waals surface area contributed by atoms with E-state index in [-0.39, 0.29) is 17.6 Å². The van der Waals surface area contributed by atoms with Crippen molar-refractivity contribution in [2.24, 2.45) is 5.92 Å². The first kappa shape index (κ1) is 14.8. The van der Waals surface area contributed by atoms with E-state index in [0.717, 1.165) is 43.9 Å². The van der Waals surface area contributed by atoms with Gasteiger partial charge in [0.1, 0.15) is 11.9 Å². The summed E-state index contributed by atoms with van der Waals surface area (Å²) in [6.45, 7) is 8.75. The molecular weight excluding hydrogens is 310 g/mol. The van der Waals surface area contributed by atoms with Gasteiger partial charge < -0.3 is 9.84 Å². The SMILES string of the molecule is C=C1CC[C@@]2(O)[C@H]3Cc4ccc(C)c5c4[C@@]2(CCN3CC2CC2)C1O5. The predicted octanol–water partition coefficient (Wildman–Crippen LogP) is 3.12. The van der Waals surface area contributed by atoms with Gasteiger partial charge in [0.05, 0.1) is 11.0 Å². The van der Waals surface area contributed by atoms with Gasteiger partial charge in [0.25, 0.3) is 0 Å². The minimum absolute atomic E-state index is 0.0352. The van der Waals surface area contributed by atoms with Crippen LogP contribution in [0.15, 0.2) is 24.3 Å². The van der Waals surface area contributed by atoms with E-state index < -0.39 is 5.60 Å². The molecule has 2 saturated carbocycles. The van der Waals surface area contributed by atoms with Crippen molar-refractivity contribution < 1.29 is 9.84 Å². The Labute approximate surface area is 149 Å². The van der Waals surface area contributed by atoms with Gasteiger partial charge in [0.15, 0.2) is 0 Å². The Morgan fingerprint density at radius 1 is 1.32 bits per heavy atom. The van der Waals surface area contributed by atoms with Crippen LogP contribution in [-0.4, -0.2) is 40.8 Å². The summed E-state index contributed by atoms with van der Waals surface area (Å²) >= 11 is 0. The fourth-order valence-electron chi connectivity index (χ4n) is 6.54. The molecule has 1 unspecified atom stereocenters. The summed E-state index contributed by atoms with van der Waals surface area (Å²) in [6.07, 6.45) is 6.40. The number of hydrogen-bond donors (Lipinski definition) is 1. The van der Waals surface area contributed by atoms with Crippen LogP contribution in [0.1, 0.15) is 48.8 Å². The van der Waals surface area contributed by atoms with Crippen molar-refractivity contribution in [3.63, 3.8) is 0 Å². The zero-order chi connectivity index (χ0) is 17.0. The first-order valence-electron chi connectivity index (χ1n) is 9.98. The van der Waals surface area contributed by atoms with Crippen LogP contribution in [0.5, 0.6) is 5.75 Å². The number of benzene rings is 1. The molecule has 1 spiro atoms. The monoisotopic (exact) mass is 337 g/mol. The summed E-state index contributed by atoms with van der Waals surface area (Å²) in [5.74, 6) is 1.92. The molecule has 2 aliphatic heterocycles. The maximum absolute atomic E-state index is 12.2. The Morgan fingerprint density at radius 2 is 2.16 bits per heavy atom. The van der Waals surface area contributed by atoms with Gasteiger partial charge in [-0.15, -0.1) is 0 Å². The van der Waals surface area contributed by atoms with E-state index in [1.165, 1.54) is 41.6 Å². The van der Waals surface area contributed by atoms with Crippen LogP contribution in [0, 0.1) is 12.8 Å². The molecule has 1 N–H and O–H groups in total. The van der Waals surface area contributed by atoms with Crippen LogP contribution < -0.4 is 4.74 Å². The van der Waals surface area contributed by atoms with Gasteiger partial charge in [0, 0.05) is 18.2 Å². The second kappa shape index (κ2) is 4.50. The molecule has 1 saturated heterocycles. The third-order valence-corrected chi connectivity index (χ3v) is 7.93. The van der Waals surface area contributed by atoms with Crippen LogP contribution in [0.2, 0.25) is 0 Å². The Kier molecular flexibility index (Phi) is 2.66. The molecule has 132 valence electrons. The number of piperidine rings is 1. The first-order valence-corrected chi connectivity index (χ1v) is 9.98. The Bertz CT molecular complexity index is 797. The quantitative estimate of drug-likeness (QED) is 0.842. The van der Waals surface area contributed by atoms with Crippen LogP contribution >= 0.6 is 0 Å². The highest BCUT2D eigenvalue weighted by Gasteiger charge is 2.71. The summed E-state index contributed by atoms with van der Waals surface area (Å²) < 4.78 is 6.54. The summed E-state index contributed by atoms with van der Waals surface area (Å²) in [5, 5.41) is 12.2. The number of ether oxygens (including phenoxy) is 1. The zero-order valence-electron chi connectivity index (χ0n) is 15.1. The molecule has 5 aliphatic rings. The van der Waals surface area contributed by atoms with Crippen molar-refractivity contribution >= 4 is 0 Å². The highest BCUT2D eigenvalue weighted by molar-refractivity contribution is 5.61. The number of aryl methyl sites for hydroxylation is 1. The van der Waals surface area contributed by atoms with Crippen molar-refractivity contribution in [2.75, 3.05) is 13.1 Å². The summed E-state index contributed by atoms with van der Waals surface area (Å²) in [7, 11) is 0. The molecule has 3 fully saturated rings. The van der Waals surface area contributed by atoms with Crippen molar-refractivity contribution in [1.82, 2.24) is 4.90 Å².